The summed E-state index contributed by atoms with van der Waals surface area (Å²) in [4.78, 5) is 0. The van der Waals surface area contributed by atoms with Crippen LogP contribution >= 0.6 is 0 Å². The fraction of sp³-hybridized carbons (Fsp3) is 0.214. The second kappa shape index (κ2) is 8.92. The molecule has 2 aromatic carbocycles. The molecule has 0 N–H and O–H groups in total. The molecule has 0 amide bonds. The number of rotatable bonds is 3. The Labute approximate surface area is 121 Å². The van der Waals surface area contributed by atoms with Crippen LogP contribution in [-0.4, -0.2) is 14.5 Å². The fourth-order valence-corrected chi connectivity index (χ4v) is 1.41. The SMILES string of the molecule is C[Si](C)(C)ON=C[c-]1cccc1.[Fe].[cH-]1[cH-][cH-][cH-][cH-]1. The van der Waals surface area contributed by atoms with E-state index in [9.17, 15) is 0 Å². The number of oxime groups is 1. The van der Waals surface area contributed by atoms with E-state index in [1.54, 1.807) is 6.21 Å². The predicted molar refractivity (Wildman–Crippen MR) is 76.1 cm³/mol. The number of nitrogens with zero attached hydrogens (tertiary/aromatic N) is 1. The van der Waals surface area contributed by atoms with Gasteiger partial charge in [-0.3, -0.25) is 0 Å². The molecule has 0 aliphatic heterocycles. The maximum Gasteiger partial charge on any atom is 0.278 e. The van der Waals surface area contributed by atoms with E-state index in [4.69, 9.17) is 4.53 Å². The van der Waals surface area contributed by atoms with Gasteiger partial charge in [0.1, 0.15) is 0 Å². The van der Waals surface area contributed by atoms with Gasteiger partial charge in [-0.1, -0.05) is 0 Å². The van der Waals surface area contributed by atoms with Crippen molar-refractivity contribution in [1.82, 2.24) is 0 Å². The summed E-state index contributed by atoms with van der Waals surface area (Å²) >= 11 is 0. The number of hydrogen-bond donors (Lipinski definition) is 0. The molecule has 2 aromatic rings. The molecule has 0 bridgehead atoms. The minimum atomic E-state index is -1.49. The summed E-state index contributed by atoms with van der Waals surface area (Å²) in [6.07, 6.45) is 1.75. The van der Waals surface area contributed by atoms with Gasteiger partial charge in [-0.05, 0) is 19.6 Å². The maximum atomic E-state index is 5.31. The summed E-state index contributed by atoms with van der Waals surface area (Å²) < 4.78 is 5.31. The van der Waals surface area contributed by atoms with Gasteiger partial charge in [0.15, 0.2) is 0 Å². The van der Waals surface area contributed by atoms with Crippen LogP contribution in [0.1, 0.15) is 5.56 Å². The Morgan fingerprint density at radius 2 is 1.44 bits per heavy atom. The fourth-order valence-electron chi connectivity index (χ4n) is 1.04. The van der Waals surface area contributed by atoms with Gasteiger partial charge in [0.2, 0.25) is 0 Å². The third kappa shape index (κ3) is 8.99. The molecule has 4 heteroatoms. The van der Waals surface area contributed by atoms with Crippen LogP contribution in [0, 0.1) is 0 Å². The van der Waals surface area contributed by atoms with Crippen molar-refractivity contribution in [1.29, 1.82) is 0 Å². The summed E-state index contributed by atoms with van der Waals surface area (Å²) in [5.41, 5.74) is 1.09. The van der Waals surface area contributed by atoms with Gasteiger partial charge in [0, 0.05) is 23.3 Å². The summed E-state index contributed by atoms with van der Waals surface area (Å²) in [6, 6.07) is 18.0. The summed E-state index contributed by atoms with van der Waals surface area (Å²) in [5.74, 6) is 0. The van der Waals surface area contributed by atoms with E-state index in [-0.39, 0.29) is 17.1 Å². The molecule has 0 aromatic heterocycles. The zero-order valence-corrected chi connectivity index (χ0v) is 13.1. The van der Waals surface area contributed by atoms with Crippen molar-refractivity contribution in [3.63, 3.8) is 0 Å². The van der Waals surface area contributed by atoms with Gasteiger partial charge in [-0.15, -0.1) is 10.7 Å². The van der Waals surface area contributed by atoms with Crippen LogP contribution in [0.3, 0.4) is 0 Å². The molecule has 2 rings (SSSR count). The van der Waals surface area contributed by atoms with Crippen molar-refractivity contribution in [2.75, 3.05) is 0 Å². The van der Waals surface area contributed by atoms with E-state index in [1.165, 1.54) is 0 Å². The molecule has 0 aliphatic carbocycles. The van der Waals surface area contributed by atoms with Crippen LogP contribution in [0.25, 0.3) is 0 Å². The third-order valence-electron chi connectivity index (χ3n) is 1.77. The predicted octanol–water partition coefficient (Wildman–Crippen LogP) is 3.99. The molecular formula is C14H19FeNOSi-6. The van der Waals surface area contributed by atoms with Crippen molar-refractivity contribution >= 4 is 14.5 Å². The van der Waals surface area contributed by atoms with Crippen molar-refractivity contribution in [3.05, 3.63) is 60.2 Å². The minimum absolute atomic E-state index is 0. The molecule has 0 saturated heterocycles. The molecule has 0 saturated carbocycles. The summed E-state index contributed by atoms with van der Waals surface area (Å²) in [6.45, 7) is 6.32. The molecule has 0 fully saturated rings. The Balaban J connectivity index is 0.000000405. The molecule has 2 nitrogen and oxygen atoms in total. The second-order valence-electron chi connectivity index (χ2n) is 4.62. The van der Waals surface area contributed by atoms with E-state index in [1.807, 2.05) is 54.6 Å². The maximum absolute atomic E-state index is 5.31. The average Bonchev–Trinajstić information content (AvgIpc) is 2.91. The van der Waals surface area contributed by atoms with Crippen LogP contribution in [-0.2, 0) is 21.6 Å². The van der Waals surface area contributed by atoms with Crippen molar-refractivity contribution in [2.24, 2.45) is 5.16 Å². The van der Waals surface area contributed by atoms with Crippen LogP contribution in [0.5, 0.6) is 0 Å². The van der Waals surface area contributed by atoms with Crippen LogP contribution in [0.2, 0.25) is 19.6 Å². The monoisotopic (exact) mass is 301 g/mol. The van der Waals surface area contributed by atoms with E-state index in [0.717, 1.165) is 5.56 Å². The van der Waals surface area contributed by atoms with E-state index < -0.39 is 8.32 Å². The topological polar surface area (TPSA) is 21.6 Å². The first-order valence-corrected chi connectivity index (χ1v) is 9.09. The Bertz CT molecular complexity index is 384. The molecule has 0 radical (unpaired) electrons. The molecule has 0 unspecified atom stereocenters. The molecule has 18 heavy (non-hydrogen) atoms. The Morgan fingerprint density at radius 1 is 1.00 bits per heavy atom. The molecule has 104 valence electrons. The molecule has 0 heterocycles. The van der Waals surface area contributed by atoms with E-state index in [0.29, 0.717) is 0 Å². The quantitative estimate of drug-likeness (QED) is 0.363. The van der Waals surface area contributed by atoms with E-state index >= 15 is 0 Å². The zero-order chi connectivity index (χ0) is 12.6. The van der Waals surface area contributed by atoms with Crippen molar-refractivity contribution in [2.45, 2.75) is 19.6 Å². The largest absolute Gasteiger partial charge is 0.748 e. The van der Waals surface area contributed by atoms with Crippen LogP contribution in [0.4, 0.5) is 0 Å². The van der Waals surface area contributed by atoms with Crippen LogP contribution < -0.4 is 0 Å². The van der Waals surface area contributed by atoms with Crippen molar-refractivity contribution < 1.29 is 21.6 Å². The van der Waals surface area contributed by atoms with Gasteiger partial charge < -0.3 is 34.9 Å². The third-order valence-corrected chi connectivity index (χ3v) is 2.43. The van der Waals surface area contributed by atoms with E-state index in [2.05, 4.69) is 24.8 Å². The minimum Gasteiger partial charge on any atom is -0.748 e. The molecule has 0 spiro atoms. The van der Waals surface area contributed by atoms with Gasteiger partial charge in [0.25, 0.3) is 8.32 Å². The normalized spacial score (nSPS) is 10.4. The summed E-state index contributed by atoms with van der Waals surface area (Å²) in [5, 5.41) is 3.92. The zero-order valence-electron chi connectivity index (χ0n) is 11.0. The van der Waals surface area contributed by atoms with Gasteiger partial charge in [-0.2, -0.15) is 12.1 Å². The summed E-state index contributed by atoms with van der Waals surface area (Å²) in [7, 11) is -1.49. The molecule has 0 atom stereocenters. The Kier molecular flexibility index (Phi) is 8.38. The van der Waals surface area contributed by atoms with Gasteiger partial charge in [0.05, 0.1) is 0 Å². The Hall–Kier alpha value is -1.09. The van der Waals surface area contributed by atoms with Crippen molar-refractivity contribution in [3.8, 4) is 0 Å². The smallest absolute Gasteiger partial charge is 0.278 e. The first-order chi connectivity index (χ1) is 8.08. The van der Waals surface area contributed by atoms with Gasteiger partial charge >= 0.3 is 0 Å². The number of hydrogen-bond acceptors (Lipinski definition) is 2. The second-order valence-corrected chi connectivity index (χ2v) is 9.03. The molecular weight excluding hydrogens is 282 g/mol. The Morgan fingerprint density at radius 3 is 1.83 bits per heavy atom. The van der Waals surface area contributed by atoms with Crippen LogP contribution in [0.15, 0.2) is 59.8 Å². The first kappa shape index (κ1) is 16.9. The standard InChI is InChI=1S/C9H14NOSi.C5H5.Fe/c1-12(2,3)11-10-8-9-6-4-5-7-9;1-2-4-5-3-1;/h4-8H,1-3H3;1-5H;/q-1;-5;. The van der Waals surface area contributed by atoms with Gasteiger partial charge in [-0.25, -0.2) is 12.1 Å². The first-order valence-electron chi connectivity index (χ1n) is 5.68. The average molecular weight is 301 g/mol. The molecule has 0 aliphatic rings.